The van der Waals surface area contributed by atoms with Crippen LogP contribution in [0.1, 0.15) is 25.7 Å². The number of carbonyl (C=O) groups is 2. The molecule has 0 saturated heterocycles. The first-order valence-corrected chi connectivity index (χ1v) is 6.41. The molecular weight excluding hydrogens is 258 g/mol. The number of rotatable bonds is 5. The third kappa shape index (κ3) is 5.00. The van der Waals surface area contributed by atoms with Crippen LogP contribution in [0.15, 0.2) is 0 Å². The lowest BCUT2D eigenvalue weighted by atomic mass is 9.79. The van der Waals surface area contributed by atoms with E-state index in [1.807, 2.05) is 0 Å². The molecule has 0 aliphatic heterocycles. The number of carbonyl (C=O) groups excluding carboxylic acids is 1. The molecule has 110 valence electrons. The molecule has 1 rings (SSSR count). The highest BCUT2D eigenvalue weighted by atomic mass is 19.3. The fraction of sp³-hybridized carbons (Fsp3) is 0.833. The summed E-state index contributed by atoms with van der Waals surface area (Å²) in [7, 11) is 1.29. The molecule has 5 nitrogen and oxygen atoms in total. The van der Waals surface area contributed by atoms with E-state index in [2.05, 4.69) is 5.32 Å². The first-order chi connectivity index (χ1) is 8.91. The van der Waals surface area contributed by atoms with Crippen molar-refractivity contribution in [3.05, 3.63) is 0 Å². The minimum atomic E-state index is -2.57. The second-order valence-electron chi connectivity index (χ2n) is 4.95. The summed E-state index contributed by atoms with van der Waals surface area (Å²) in [6.07, 6.45) is 0.611. The molecule has 2 N–H and O–H groups in total. The van der Waals surface area contributed by atoms with E-state index >= 15 is 0 Å². The van der Waals surface area contributed by atoms with Crippen LogP contribution in [0.3, 0.4) is 0 Å². The van der Waals surface area contributed by atoms with Crippen LogP contribution in [0.25, 0.3) is 0 Å². The molecular formula is C12H20F2N2O3. The predicted octanol–water partition coefficient (Wildman–Crippen LogP) is 1.78. The number of halogens is 2. The number of carboxylic acids is 1. The Morgan fingerprint density at radius 2 is 2.00 bits per heavy atom. The van der Waals surface area contributed by atoms with Crippen molar-refractivity contribution in [2.45, 2.75) is 32.1 Å². The van der Waals surface area contributed by atoms with Gasteiger partial charge in [0.25, 0.3) is 6.43 Å². The van der Waals surface area contributed by atoms with Gasteiger partial charge in [-0.2, -0.15) is 0 Å². The predicted molar refractivity (Wildman–Crippen MR) is 65.1 cm³/mol. The lowest BCUT2D eigenvalue weighted by Gasteiger charge is -2.29. The zero-order valence-corrected chi connectivity index (χ0v) is 10.9. The number of alkyl halides is 2. The highest BCUT2D eigenvalue weighted by molar-refractivity contribution is 5.74. The van der Waals surface area contributed by atoms with E-state index in [4.69, 9.17) is 5.11 Å². The summed E-state index contributed by atoms with van der Waals surface area (Å²) in [5, 5.41) is 11.6. The van der Waals surface area contributed by atoms with Gasteiger partial charge in [0.05, 0.1) is 12.5 Å². The van der Waals surface area contributed by atoms with Crippen LogP contribution < -0.4 is 5.32 Å². The number of nitrogens with one attached hydrogen (secondary N) is 1. The van der Waals surface area contributed by atoms with Crippen molar-refractivity contribution >= 4 is 12.0 Å². The zero-order chi connectivity index (χ0) is 14.4. The number of carboxylic acid groups (broad SMARTS) is 1. The van der Waals surface area contributed by atoms with Gasteiger partial charge in [-0.25, -0.2) is 13.6 Å². The van der Waals surface area contributed by atoms with Crippen molar-refractivity contribution in [1.29, 1.82) is 0 Å². The Kier molecular flexibility index (Phi) is 5.98. The summed E-state index contributed by atoms with van der Waals surface area (Å²) in [5.41, 5.74) is 0. The Morgan fingerprint density at radius 3 is 2.58 bits per heavy atom. The third-order valence-electron chi connectivity index (χ3n) is 3.50. The smallest absolute Gasteiger partial charge is 0.317 e. The van der Waals surface area contributed by atoms with E-state index in [0.717, 1.165) is 24.2 Å². The van der Waals surface area contributed by atoms with Crippen LogP contribution >= 0.6 is 0 Å². The summed E-state index contributed by atoms with van der Waals surface area (Å²) < 4.78 is 24.2. The maximum atomic E-state index is 12.1. The Labute approximate surface area is 111 Å². The van der Waals surface area contributed by atoms with E-state index < -0.39 is 30.9 Å². The van der Waals surface area contributed by atoms with Crippen molar-refractivity contribution in [2.24, 2.45) is 11.8 Å². The molecule has 2 unspecified atom stereocenters. The maximum absolute atomic E-state index is 12.1. The van der Waals surface area contributed by atoms with Crippen LogP contribution in [-0.2, 0) is 4.79 Å². The van der Waals surface area contributed by atoms with E-state index in [1.165, 1.54) is 7.05 Å². The minimum absolute atomic E-state index is 0.116. The van der Waals surface area contributed by atoms with E-state index in [9.17, 15) is 18.4 Å². The third-order valence-corrected chi connectivity index (χ3v) is 3.50. The highest BCUT2D eigenvalue weighted by Gasteiger charge is 2.31. The lowest BCUT2D eigenvalue weighted by molar-refractivity contribution is -0.144. The number of aliphatic carboxylic acids is 1. The van der Waals surface area contributed by atoms with Gasteiger partial charge in [0.15, 0.2) is 0 Å². The first-order valence-electron chi connectivity index (χ1n) is 6.41. The normalized spacial score (nSPS) is 23.2. The molecule has 7 heteroatoms. The number of nitrogens with zero attached hydrogens (tertiary/aromatic N) is 1. The van der Waals surface area contributed by atoms with Gasteiger partial charge in [0, 0.05) is 13.6 Å². The number of urea groups is 1. The lowest BCUT2D eigenvalue weighted by Crippen LogP contribution is -2.43. The Balaban J connectivity index is 2.41. The molecule has 1 aliphatic carbocycles. The minimum Gasteiger partial charge on any atom is -0.481 e. The average Bonchev–Trinajstić information content (AvgIpc) is 2.35. The monoisotopic (exact) mass is 278 g/mol. The van der Waals surface area contributed by atoms with Crippen LogP contribution in [0.2, 0.25) is 0 Å². The standard InChI is InChI=1S/C12H20F2N2O3/c1-16(7-10(13)14)12(19)15-6-8-4-2-3-5-9(8)11(17)18/h8-10H,2-7H2,1H3,(H,15,19)(H,17,18). The molecule has 2 atom stereocenters. The summed E-state index contributed by atoms with van der Waals surface area (Å²) >= 11 is 0. The van der Waals surface area contributed by atoms with Crippen LogP contribution in [0.5, 0.6) is 0 Å². The SMILES string of the molecule is CN(CC(F)F)C(=O)NCC1CCCCC1C(=O)O. The van der Waals surface area contributed by atoms with Crippen molar-refractivity contribution in [3.63, 3.8) is 0 Å². The average molecular weight is 278 g/mol. The molecule has 0 aromatic carbocycles. The summed E-state index contributed by atoms with van der Waals surface area (Å²) in [6, 6.07) is -0.588. The molecule has 1 saturated carbocycles. The molecule has 1 fully saturated rings. The largest absolute Gasteiger partial charge is 0.481 e. The van der Waals surface area contributed by atoms with Crippen LogP contribution in [0.4, 0.5) is 13.6 Å². The van der Waals surface area contributed by atoms with Gasteiger partial charge in [-0.1, -0.05) is 12.8 Å². The molecule has 0 aromatic heterocycles. The number of hydrogen-bond acceptors (Lipinski definition) is 2. The summed E-state index contributed by atoms with van der Waals surface area (Å²) in [6.45, 7) is -0.401. The topological polar surface area (TPSA) is 69.6 Å². The van der Waals surface area contributed by atoms with Crippen molar-refractivity contribution in [3.8, 4) is 0 Å². The second-order valence-corrected chi connectivity index (χ2v) is 4.95. The van der Waals surface area contributed by atoms with Gasteiger partial charge in [-0.3, -0.25) is 4.79 Å². The van der Waals surface area contributed by atoms with Crippen LogP contribution in [0, 0.1) is 11.8 Å². The molecule has 0 spiro atoms. The van der Waals surface area contributed by atoms with Gasteiger partial charge in [-0.15, -0.1) is 0 Å². The van der Waals surface area contributed by atoms with E-state index in [1.54, 1.807) is 0 Å². The fourth-order valence-corrected chi connectivity index (χ4v) is 2.42. The molecule has 0 radical (unpaired) electrons. The Morgan fingerprint density at radius 1 is 1.37 bits per heavy atom. The molecule has 19 heavy (non-hydrogen) atoms. The van der Waals surface area contributed by atoms with Gasteiger partial charge in [0.2, 0.25) is 0 Å². The summed E-state index contributed by atoms with van der Waals surface area (Å²) in [4.78, 5) is 23.5. The van der Waals surface area contributed by atoms with Crippen molar-refractivity contribution in [2.75, 3.05) is 20.1 Å². The molecule has 0 heterocycles. The van der Waals surface area contributed by atoms with Crippen molar-refractivity contribution in [1.82, 2.24) is 10.2 Å². The van der Waals surface area contributed by atoms with Crippen LogP contribution in [-0.4, -0.2) is 48.6 Å². The van der Waals surface area contributed by atoms with Crippen molar-refractivity contribution < 1.29 is 23.5 Å². The van der Waals surface area contributed by atoms with Gasteiger partial charge >= 0.3 is 12.0 Å². The maximum Gasteiger partial charge on any atom is 0.317 e. The highest BCUT2D eigenvalue weighted by Crippen LogP contribution is 2.29. The number of hydrogen-bond donors (Lipinski definition) is 2. The number of amides is 2. The Hall–Kier alpha value is -1.40. The quantitative estimate of drug-likeness (QED) is 0.805. The Bertz CT molecular complexity index is 326. The second kappa shape index (κ2) is 7.25. The molecule has 1 aliphatic rings. The summed E-state index contributed by atoms with van der Waals surface area (Å²) in [5.74, 6) is -1.41. The fourth-order valence-electron chi connectivity index (χ4n) is 2.42. The van der Waals surface area contributed by atoms with E-state index in [0.29, 0.717) is 6.42 Å². The van der Waals surface area contributed by atoms with Gasteiger partial charge in [-0.05, 0) is 18.8 Å². The molecule has 2 amide bonds. The molecule has 0 aromatic rings. The van der Waals surface area contributed by atoms with Gasteiger partial charge < -0.3 is 15.3 Å². The van der Waals surface area contributed by atoms with Gasteiger partial charge in [0.1, 0.15) is 0 Å². The zero-order valence-electron chi connectivity index (χ0n) is 10.9. The van der Waals surface area contributed by atoms with E-state index in [-0.39, 0.29) is 12.5 Å². The molecule has 0 bridgehead atoms. The first kappa shape index (κ1) is 15.7.